The van der Waals surface area contributed by atoms with E-state index in [-0.39, 0.29) is 11.2 Å². The van der Waals surface area contributed by atoms with Gasteiger partial charge in [-0.05, 0) is 34.0 Å². The molecule has 0 fully saturated rings. The molecule has 102 valence electrons. The number of rotatable bonds is 5. The molecule has 19 heavy (non-hydrogen) atoms. The van der Waals surface area contributed by atoms with Crippen molar-refractivity contribution in [2.75, 3.05) is 18.4 Å². The molecule has 6 nitrogen and oxygen atoms in total. The maximum atomic E-state index is 10.7. The minimum absolute atomic E-state index is 0.0271. The van der Waals surface area contributed by atoms with Crippen LogP contribution in [-0.4, -0.2) is 33.9 Å². The average molecular weight is 347 g/mol. The molecule has 0 unspecified atom stereocenters. The fourth-order valence-corrected chi connectivity index (χ4v) is 2.20. The Hall–Kier alpha value is -1.34. The molecule has 2 aromatic heterocycles. The van der Waals surface area contributed by atoms with Crippen LogP contribution in [0.4, 0.5) is 5.82 Å². The molecule has 2 rings (SSSR count). The zero-order valence-corrected chi connectivity index (χ0v) is 12.6. The molecule has 2 heterocycles. The lowest BCUT2D eigenvalue weighted by molar-refractivity contribution is -0.118. The Morgan fingerprint density at radius 1 is 1.47 bits per heavy atom. The number of carbonyl (C=O) groups is 1. The lowest BCUT2D eigenvalue weighted by Crippen LogP contribution is -2.22. The van der Waals surface area contributed by atoms with Crippen LogP contribution in [0.15, 0.2) is 10.7 Å². The maximum Gasteiger partial charge on any atom is 0.225 e. The van der Waals surface area contributed by atoms with Crippen LogP contribution >= 0.6 is 27.5 Å². The van der Waals surface area contributed by atoms with Crippen LogP contribution in [0.25, 0.3) is 11.0 Å². The molecular formula is C11H13BrClN5O. The quantitative estimate of drug-likeness (QED) is 0.573. The molecule has 0 atom stereocenters. The summed E-state index contributed by atoms with van der Waals surface area (Å²) in [6.07, 6.45) is 2.59. The number of aromatic nitrogens is 3. The number of carbonyl (C=O) groups excluding carboxylic acids is 1. The molecule has 8 heteroatoms. The monoisotopic (exact) mass is 345 g/mol. The predicted octanol–water partition coefficient (Wildman–Crippen LogP) is 2.31. The van der Waals surface area contributed by atoms with Crippen molar-refractivity contribution in [2.24, 2.45) is 0 Å². The Balaban J connectivity index is 2.02. The zero-order chi connectivity index (χ0) is 13.8. The van der Waals surface area contributed by atoms with Crippen LogP contribution in [-0.2, 0) is 4.79 Å². The normalized spacial score (nSPS) is 10.7. The molecular weight excluding hydrogens is 334 g/mol. The van der Waals surface area contributed by atoms with Gasteiger partial charge in [-0.3, -0.25) is 4.79 Å². The molecule has 1 amide bonds. The van der Waals surface area contributed by atoms with E-state index in [2.05, 4.69) is 41.5 Å². The molecule has 0 aliphatic rings. The van der Waals surface area contributed by atoms with E-state index in [0.29, 0.717) is 18.9 Å². The van der Waals surface area contributed by atoms with Crippen molar-refractivity contribution in [3.05, 3.63) is 16.0 Å². The molecule has 2 aromatic rings. The highest BCUT2D eigenvalue weighted by Crippen LogP contribution is 2.27. The first kappa shape index (κ1) is 14.1. The van der Waals surface area contributed by atoms with Gasteiger partial charge in [0.2, 0.25) is 11.2 Å². The summed E-state index contributed by atoms with van der Waals surface area (Å²) in [6.45, 7) is 2.80. The number of hydrogen-bond acceptors (Lipinski definition) is 4. The first-order chi connectivity index (χ1) is 9.08. The van der Waals surface area contributed by atoms with Gasteiger partial charge in [0.15, 0.2) is 5.82 Å². The van der Waals surface area contributed by atoms with Crippen LogP contribution < -0.4 is 10.6 Å². The molecule has 0 spiro atoms. The van der Waals surface area contributed by atoms with Gasteiger partial charge in [-0.25, -0.2) is 4.98 Å². The molecule has 0 aliphatic carbocycles. The second-order valence-corrected chi connectivity index (χ2v) is 5.16. The smallest absolute Gasteiger partial charge is 0.225 e. The number of aromatic amines is 1. The second-order valence-electron chi connectivity index (χ2n) is 3.96. The number of halogens is 2. The standard InChI is InChI=1S/C11H13BrClN5O/c1-6(19)14-3-2-4-15-10-9-8(7(12)5-16-9)17-11(13)18-10/h5,16H,2-4H2,1H3,(H,14,19)(H,15,17,18). The first-order valence-corrected chi connectivity index (χ1v) is 6.93. The lowest BCUT2D eigenvalue weighted by atomic mass is 10.4. The number of nitrogens with one attached hydrogen (secondary N) is 3. The van der Waals surface area contributed by atoms with Crippen molar-refractivity contribution >= 4 is 50.3 Å². The van der Waals surface area contributed by atoms with Gasteiger partial charge in [-0.1, -0.05) is 0 Å². The fourth-order valence-electron chi connectivity index (χ4n) is 1.63. The topological polar surface area (TPSA) is 82.7 Å². The molecule has 0 saturated heterocycles. The van der Waals surface area contributed by atoms with Gasteiger partial charge in [0.25, 0.3) is 0 Å². The summed E-state index contributed by atoms with van der Waals surface area (Å²) in [5.41, 5.74) is 1.54. The van der Waals surface area contributed by atoms with E-state index in [4.69, 9.17) is 11.6 Å². The molecule has 0 aromatic carbocycles. The van der Waals surface area contributed by atoms with E-state index in [0.717, 1.165) is 21.9 Å². The van der Waals surface area contributed by atoms with Crippen molar-refractivity contribution in [1.29, 1.82) is 0 Å². The summed E-state index contributed by atoms with van der Waals surface area (Å²) in [7, 11) is 0. The van der Waals surface area contributed by atoms with Crippen molar-refractivity contribution in [3.63, 3.8) is 0 Å². The summed E-state index contributed by atoms with van der Waals surface area (Å²) in [4.78, 5) is 22.1. The molecule has 0 aliphatic heterocycles. The van der Waals surface area contributed by atoms with E-state index in [1.165, 1.54) is 6.92 Å². The summed E-state index contributed by atoms with van der Waals surface area (Å²) < 4.78 is 0.841. The Labute approximate surface area is 123 Å². The maximum absolute atomic E-state index is 10.7. The third-order valence-corrected chi connectivity index (χ3v) is 3.24. The third-order valence-electron chi connectivity index (χ3n) is 2.47. The van der Waals surface area contributed by atoms with Gasteiger partial charge in [-0.15, -0.1) is 0 Å². The van der Waals surface area contributed by atoms with Crippen molar-refractivity contribution < 1.29 is 4.79 Å². The highest BCUT2D eigenvalue weighted by atomic mass is 79.9. The Morgan fingerprint density at radius 3 is 3.00 bits per heavy atom. The predicted molar refractivity (Wildman–Crippen MR) is 78.4 cm³/mol. The van der Waals surface area contributed by atoms with Gasteiger partial charge in [0, 0.05) is 26.2 Å². The van der Waals surface area contributed by atoms with Crippen LogP contribution in [0.5, 0.6) is 0 Å². The van der Waals surface area contributed by atoms with Crippen LogP contribution in [0.3, 0.4) is 0 Å². The number of fused-ring (bicyclic) bond motifs is 1. The summed E-state index contributed by atoms with van der Waals surface area (Å²) in [6, 6.07) is 0. The molecule has 3 N–H and O–H groups in total. The van der Waals surface area contributed by atoms with E-state index < -0.39 is 0 Å². The fraction of sp³-hybridized carbons (Fsp3) is 0.364. The number of hydrogen-bond donors (Lipinski definition) is 3. The second kappa shape index (κ2) is 6.21. The average Bonchev–Trinajstić information content (AvgIpc) is 2.70. The van der Waals surface area contributed by atoms with Gasteiger partial charge in [0.1, 0.15) is 11.0 Å². The van der Waals surface area contributed by atoms with E-state index in [1.54, 1.807) is 6.20 Å². The van der Waals surface area contributed by atoms with Crippen LogP contribution in [0, 0.1) is 0 Å². The number of amides is 1. The molecule has 0 bridgehead atoms. The highest BCUT2D eigenvalue weighted by Gasteiger charge is 2.10. The largest absolute Gasteiger partial charge is 0.368 e. The van der Waals surface area contributed by atoms with Crippen LogP contribution in [0.2, 0.25) is 5.28 Å². The first-order valence-electron chi connectivity index (χ1n) is 5.76. The SMILES string of the molecule is CC(=O)NCCCNc1nc(Cl)nc2c(Br)c[nH]c12. The zero-order valence-electron chi connectivity index (χ0n) is 10.3. The number of nitrogens with zero attached hydrogens (tertiary/aromatic N) is 2. The van der Waals surface area contributed by atoms with Gasteiger partial charge in [0.05, 0.1) is 4.47 Å². The van der Waals surface area contributed by atoms with Crippen molar-refractivity contribution in [3.8, 4) is 0 Å². The summed E-state index contributed by atoms with van der Waals surface area (Å²) in [5, 5.41) is 6.10. The Bertz CT molecular complexity index is 600. The minimum atomic E-state index is -0.0271. The third kappa shape index (κ3) is 3.57. The number of H-pyrrole nitrogens is 1. The van der Waals surface area contributed by atoms with Gasteiger partial charge >= 0.3 is 0 Å². The molecule has 0 saturated carbocycles. The summed E-state index contributed by atoms with van der Waals surface area (Å²) >= 11 is 9.27. The van der Waals surface area contributed by atoms with E-state index in [1.807, 2.05) is 0 Å². The Kier molecular flexibility index (Phi) is 4.60. The highest BCUT2D eigenvalue weighted by molar-refractivity contribution is 9.10. The van der Waals surface area contributed by atoms with E-state index in [9.17, 15) is 4.79 Å². The van der Waals surface area contributed by atoms with Crippen molar-refractivity contribution in [2.45, 2.75) is 13.3 Å². The van der Waals surface area contributed by atoms with Gasteiger partial charge < -0.3 is 15.6 Å². The minimum Gasteiger partial charge on any atom is -0.368 e. The summed E-state index contributed by atoms with van der Waals surface area (Å²) in [5.74, 6) is 0.629. The lowest BCUT2D eigenvalue weighted by Gasteiger charge is -2.07. The van der Waals surface area contributed by atoms with Gasteiger partial charge in [-0.2, -0.15) is 4.98 Å². The number of anilines is 1. The Morgan fingerprint density at radius 2 is 2.26 bits per heavy atom. The van der Waals surface area contributed by atoms with E-state index >= 15 is 0 Å². The van der Waals surface area contributed by atoms with Crippen LogP contribution in [0.1, 0.15) is 13.3 Å². The van der Waals surface area contributed by atoms with Crippen molar-refractivity contribution in [1.82, 2.24) is 20.3 Å². The molecule has 0 radical (unpaired) electrons.